The van der Waals surface area contributed by atoms with Crippen LogP contribution in [0.3, 0.4) is 0 Å². The predicted molar refractivity (Wildman–Crippen MR) is 107 cm³/mol. The molecule has 0 spiro atoms. The van der Waals surface area contributed by atoms with Gasteiger partial charge in [-0.15, -0.1) is 0 Å². The number of benzene rings is 2. The Hall–Kier alpha value is -3.55. The van der Waals surface area contributed by atoms with Crippen molar-refractivity contribution in [3.05, 3.63) is 76.2 Å². The van der Waals surface area contributed by atoms with Crippen molar-refractivity contribution in [3.63, 3.8) is 0 Å². The van der Waals surface area contributed by atoms with E-state index < -0.39 is 4.92 Å². The summed E-state index contributed by atoms with van der Waals surface area (Å²) < 4.78 is 5.32. The van der Waals surface area contributed by atoms with Gasteiger partial charge in [0.1, 0.15) is 0 Å². The van der Waals surface area contributed by atoms with Gasteiger partial charge in [-0.25, -0.2) is 0 Å². The number of nitro benzene ring substituents is 1. The molecule has 3 rings (SSSR count). The molecular formula is C21H22N4O4. The second-order valence-electron chi connectivity index (χ2n) is 6.58. The molecule has 3 aromatic rings. The maximum absolute atomic E-state index is 12.9. The maximum atomic E-state index is 12.9. The lowest BCUT2D eigenvalue weighted by Gasteiger charge is -2.22. The topological polar surface area (TPSA) is 102 Å². The number of hydrogen-bond donors (Lipinski definition) is 0. The third-order valence-electron chi connectivity index (χ3n) is 4.47. The Bertz CT molecular complexity index is 972. The van der Waals surface area contributed by atoms with E-state index in [2.05, 4.69) is 10.1 Å². The normalized spacial score (nSPS) is 10.7. The number of unbranched alkanes of at least 4 members (excludes halogenated alkanes) is 1. The van der Waals surface area contributed by atoms with Gasteiger partial charge < -0.3 is 9.42 Å². The summed E-state index contributed by atoms with van der Waals surface area (Å²) in [5.41, 5.74) is 1.06. The second kappa shape index (κ2) is 9.59. The average Bonchev–Trinajstić information content (AvgIpc) is 3.23. The van der Waals surface area contributed by atoms with E-state index in [1.807, 2.05) is 37.3 Å². The first-order valence-electron chi connectivity index (χ1n) is 9.50. The minimum atomic E-state index is -0.503. The number of carbonyl (C=O) groups excluding carboxylic acids is 1. The smallest absolute Gasteiger partial charge is 0.270 e. The van der Waals surface area contributed by atoms with Crippen molar-refractivity contribution in [1.82, 2.24) is 15.0 Å². The van der Waals surface area contributed by atoms with E-state index in [4.69, 9.17) is 4.52 Å². The van der Waals surface area contributed by atoms with Crippen LogP contribution in [0, 0.1) is 10.1 Å². The van der Waals surface area contributed by atoms with Crippen molar-refractivity contribution in [2.24, 2.45) is 0 Å². The van der Waals surface area contributed by atoms with Gasteiger partial charge in [-0.1, -0.05) is 54.9 Å². The maximum Gasteiger partial charge on any atom is 0.270 e. The highest BCUT2D eigenvalue weighted by Crippen LogP contribution is 2.17. The molecule has 0 radical (unpaired) electrons. The lowest BCUT2D eigenvalue weighted by molar-refractivity contribution is -0.384. The van der Waals surface area contributed by atoms with Crippen molar-refractivity contribution in [1.29, 1.82) is 0 Å². The molecule has 0 fully saturated rings. The third kappa shape index (κ3) is 5.25. The molecule has 1 heterocycles. The van der Waals surface area contributed by atoms with Crippen LogP contribution < -0.4 is 0 Å². The summed E-state index contributed by atoms with van der Waals surface area (Å²) in [5, 5.41) is 15.0. The third-order valence-corrected chi connectivity index (χ3v) is 4.47. The number of hydrogen-bond acceptors (Lipinski definition) is 6. The van der Waals surface area contributed by atoms with Gasteiger partial charge in [0.25, 0.3) is 11.6 Å². The van der Waals surface area contributed by atoms with Crippen LogP contribution in [0.5, 0.6) is 0 Å². The van der Waals surface area contributed by atoms with E-state index in [1.54, 1.807) is 11.0 Å². The van der Waals surface area contributed by atoms with Gasteiger partial charge >= 0.3 is 0 Å². The van der Waals surface area contributed by atoms with E-state index in [9.17, 15) is 14.9 Å². The van der Waals surface area contributed by atoms with Crippen LogP contribution in [0.2, 0.25) is 0 Å². The Morgan fingerprint density at radius 1 is 1.14 bits per heavy atom. The SMILES string of the molecule is CCCCN(CCc1nc(-c2ccccc2)no1)C(=O)c1cccc([N+](=O)[O-])c1. The lowest BCUT2D eigenvalue weighted by atomic mass is 10.1. The van der Waals surface area contributed by atoms with Crippen LogP contribution in [0.25, 0.3) is 11.4 Å². The second-order valence-corrected chi connectivity index (χ2v) is 6.58. The van der Waals surface area contributed by atoms with Crippen LogP contribution in [0.15, 0.2) is 59.1 Å². The summed E-state index contributed by atoms with van der Waals surface area (Å²) in [6.45, 7) is 2.98. The predicted octanol–water partition coefficient (Wildman–Crippen LogP) is 4.13. The van der Waals surface area contributed by atoms with Gasteiger partial charge in [0, 0.05) is 42.8 Å². The van der Waals surface area contributed by atoms with Crippen molar-refractivity contribution < 1.29 is 14.2 Å². The average molecular weight is 394 g/mol. The van der Waals surface area contributed by atoms with Crippen molar-refractivity contribution >= 4 is 11.6 Å². The molecule has 0 saturated carbocycles. The molecule has 150 valence electrons. The number of non-ortho nitro benzene ring substituents is 1. The molecule has 1 amide bonds. The number of aromatic nitrogens is 2. The molecule has 0 N–H and O–H groups in total. The highest BCUT2D eigenvalue weighted by molar-refractivity contribution is 5.94. The van der Waals surface area contributed by atoms with Crippen LogP contribution in [-0.4, -0.2) is 39.0 Å². The van der Waals surface area contributed by atoms with E-state index in [1.165, 1.54) is 18.2 Å². The number of nitro groups is 1. The molecule has 0 bridgehead atoms. The highest BCUT2D eigenvalue weighted by Gasteiger charge is 2.19. The van der Waals surface area contributed by atoms with Gasteiger partial charge in [-0.2, -0.15) is 4.98 Å². The molecule has 8 nitrogen and oxygen atoms in total. The summed E-state index contributed by atoms with van der Waals surface area (Å²) >= 11 is 0. The van der Waals surface area contributed by atoms with E-state index in [-0.39, 0.29) is 11.6 Å². The Morgan fingerprint density at radius 3 is 2.66 bits per heavy atom. The largest absolute Gasteiger partial charge is 0.339 e. The number of amides is 1. The Balaban J connectivity index is 1.71. The van der Waals surface area contributed by atoms with E-state index in [0.717, 1.165) is 18.4 Å². The Labute approximate surface area is 168 Å². The molecule has 0 aliphatic rings. The summed E-state index contributed by atoms with van der Waals surface area (Å²) in [6.07, 6.45) is 2.17. The first-order valence-corrected chi connectivity index (χ1v) is 9.50. The zero-order valence-corrected chi connectivity index (χ0v) is 16.2. The number of rotatable bonds is 9. The molecule has 0 aliphatic heterocycles. The highest BCUT2D eigenvalue weighted by atomic mass is 16.6. The van der Waals surface area contributed by atoms with Crippen LogP contribution in [0.4, 0.5) is 5.69 Å². The number of nitrogens with zero attached hydrogens (tertiary/aromatic N) is 4. The molecule has 29 heavy (non-hydrogen) atoms. The summed E-state index contributed by atoms with van der Waals surface area (Å²) in [6, 6.07) is 15.3. The summed E-state index contributed by atoms with van der Waals surface area (Å²) in [4.78, 5) is 29.5. The van der Waals surface area contributed by atoms with Crippen molar-refractivity contribution in [2.45, 2.75) is 26.2 Å². The van der Waals surface area contributed by atoms with E-state index >= 15 is 0 Å². The Kier molecular flexibility index (Phi) is 6.67. The fraction of sp³-hybridized carbons (Fsp3) is 0.286. The first kappa shape index (κ1) is 20.2. The Morgan fingerprint density at radius 2 is 1.93 bits per heavy atom. The zero-order chi connectivity index (χ0) is 20.6. The first-order chi connectivity index (χ1) is 14.1. The van der Waals surface area contributed by atoms with Gasteiger partial charge in [-0.05, 0) is 12.5 Å². The summed E-state index contributed by atoms with van der Waals surface area (Å²) in [5.74, 6) is 0.702. The van der Waals surface area contributed by atoms with Gasteiger partial charge in [-0.3, -0.25) is 14.9 Å². The molecule has 0 aliphatic carbocycles. The van der Waals surface area contributed by atoms with Crippen molar-refractivity contribution in [3.8, 4) is 11.4 Å². The molecule has 0 unspecified atom stereocenters. The molecule has 1 aromatic heterocycles. The van der Waals surface area contributed by atoms with Crippen LogP contribution >= 0.6 is 0 Å². The molecular weight excluding hydrogens is 372 g/mol. The van der Waals surface area contributed by atoms with Crippen LogP contribution in [0.1, 0.15) is 36.0 Å². The summed E-state index contributed by atoms with van der Waals surface area (Å²) in [7, 11) is 0. The molecule has 0 saturated heterocycles. The lowest BCUT2D eigenvalue weighted by Crippen LogP contribution is -2.34. The van der Waals surface area contributed by atoms with Gasteiger partial charge in [0.05, 0.1) is 4.92 Å². The number of carbonyl (C=O) groups is 1. The fourth-order valence-electron chi connectivity index (χ4n) is 2.89. The van der Waals surface area contributed by atoms with Gasteiger partial charge in [0.15, 0.2) is 0 Å². The molecule has 2 aromatic carbocycles. The minimum absolute atomic E-state index is 0.101. The van der Waals surface area contributed by atoms with Gasteiger partial charge in [0.2, 0.25) is 11.7 Å². The fourth-order valence-corrected chi connectivity index (χ4v) is 2.89. The van der Waals surface area contributed by atoms with Crippen molar-refractivity contribution in [2.75, 3.05) is 13.1 Å². The van der Waals surface area contributed by atoms with Crippen LogP contribution in [-0.2, 0) is 6.42 Å². The monoisotopic (exact) mass is 394 g/mol. The molecule has 0 atom stereocenters. The standard InChI is InChI=1S/C21H22N4O4/c1-2-3-13-24(21(26)17-10-7-11-18(15-17)25(27)28)14-12-19-22-20(23-29-19)16-8-5-4-6-9-16/h4-11,15H,2-3,12-14H2,1H3. The van der Waals surface area contributed by atoms with E-state index in [0.29, 0.717) is 36.8 Å². The quantitative estimate of drug-likeness (QED) is 0.399. The molecule has 8 heteroatoms. The minimum Gasteiger partial charge on any atom is -0.339 e. The zero-order valence-electron chi connectivity index (χ0n) is 16.2.